The lowest BCUT2D eigenvalue weighted by atomic mass is 10.1. The minimum atomic E-state index is 0.619. The molecule has 0 saturated heterocycles. The van der Waals surface area contributed by atoms with Gasteiger partial charge in [-0.2, -0.15) is 0 Å². The average Bonchev–Trinajstić information content (AvgIpc) is 2.97. The highest BCUT2D eigenvalue weighted by Gasteiger charge is 2.05. The van der Waals surface area contributed by atoms with Gasteiger partial charge in [-0.25, -0.2) is 9.98 Å². The fourth-order valence-corrected chi connectivity index (χ4v) is 3.67. The van der Waals surface area contributed by atoms with Gasteiger partial charge in [-0.05, 0) is 38.5 Å². The lowest BCUT2D eigenvalue weighted by Crippen LogP contribution is -2.38. The third-order valence-corrected chi connectivity index (χ3v) is 5.33. The molecule has 1 aromatic carbocycles. The third-order valence-electron chi connectivity index (χ3n) is 4.20. The fraction of sp³-hybridized carbons (Fsp3) is 0.350. The first-order chi connectivity index (χ1) is 12.7. The number of hydrogen-bond donors (Lipinski definition) is 2. The average molecular weight is 368 g/mol. The number of aromatic nitrogens is 2. The van der Waals surface area contributed by atoms with Crippen molar-refractivity contribution in [1.29, 1.82) is 0 Å². The highest BCUT2D eigenvalue weighted by molar-refractivity contribution is 7.11. The molecule has 136 valence electrons. The number of para-hydroxylation sites is 1. The zero-order valence-electron chi connectivity index (χ0n) is 15.5. The van der Waals surface area contributed by atoms with Gasteiger partial charge in [-0.1, -0.05) is 18.2 Å². The van der Waals surface area contributed by atoms with Gasteiger partial charge < -0.3 is 10.6 Å². The maximum Gasteiger partial charge on any atom is 0.191 e. The van der Waals surface area contributed by atoms with Crippen molar-refractivity contribution in [3.8, 4) is 0 Å². The Kier molecular flexibility index (Phi) is 6.17. The largest absolute Gasteiger partial charge is 0.357 e. The number of aryl methyl sites for hydroxylation is 2. The van der Waals surface area contributed by atoms with Crippen LogP contribution in [-0.2, 0) is 13.0 Å². The molecule has 0 atom stereocenters. The number of thiazole rings is 1. The maximum atomic E-state index is 4.74. The molecule has 3 rings (SSSR count). The SMILES string of the molecule is CCNC(=NCc1ccnc2ccccc12)NCCc1nc(C)c(C)s1. The van der Waals surface area contributed by atoms with Gasteiger partial charge in [-0.15, -0.1) is 11.3 Å². The van der Waals surface area contributed by atoms with Crippen LogP contribution >= 0.6 is 11.3 Å². The van der Waals surface area contributed by atoms with Crippen LogP contribution in [0, 0.1) is 13.8 Å². The van der Waals surface area contributed by atoms with E-state index in [-0.39, 0.29) is 0 Å². The van der Waals surface area contributed by atoms with Crippen LogP contribution in [0.15, 0.2) is 41.5 Å². The zero-order chi connectivity index (χ0) is 18.4. The van der Waals surface area contributed by atoms with E-state index in [2.05, 4.69) is 47.4 Å². The summed E-state index contributed by atoms with van der Waals surface area (Å²) in [5, 5.41) is 9.04. The van der Waals surface area contributed by atoms with E-state index in [4.69, 9.17) is 4.99 Å². The number of hydrogen-bond acceptors (Lipinski definition) is 4. The summed E-state index contributed by atoms with van der Waals surface area (Å²) in [5.41, 5.74) is 3.32. The highest BCUT2D eigenvalue weighted by atomic mass is 32.1. The molecule has 2 aromatic heterocycles. The van der Waals surface area contributed by atoms with Gasteiger partial charge in [0, 0.05) is 36.0 Å². The Balaban J connectivity index is 1.64. The molecule has 0 amide bonds. The van der Waals surface area contributed by atoms with E-state index in [9.17, 15) is 0 Å². The molecule has 2 N–H and O–H groups in total. The second-order valence-corrected chi connectivity index (χ2v) is 7.40. The number of nitrogens with one attached hydrogen (secondary N) is 2. The normalized spacial score (nSPS) is 11.7. The smallest absolute Gasteiger partial charge is 0.191 e. The van der Waals surface area contributed by atoms with Crippen LogP contribution in [0.1, 0.15) is 28.1 Å². The van der Waals surface area contributed by atoms with E-state index < -0.39 is 0 Å². The second-order valence-electron chi connectivity index (χ2n) is 6.11. The third kappa shape index (κ3) is 4.58. The predicted molar refractivity (Wildman–Crippen MR) is 110 cm³/mol. The van der Waals surface area contributed by atoms with Crippen LogP contribution in [0.5, 0.6) is 0 Å². The van der Waals surface area contributed by atoms with E-state index in [0.717, 1.165) is 42.1 Å². The van der Waals surface area contributed by atoms with Crippen LogP contribution in [0.25, 0.3) is 10.9 Å². The number of fused-ring (bicyclic) bond motifs is 1. The summed E-state index contributed by atoms with van der Waals surface area (Å²) in [6.07, 6.45) is 2.75. The molecule has 0 spiro atoms. The van der Waals surface area contributed by atoms with Crippen LogP contribution in [0.4, 0.5) is 0 Å². The van der Waals surface area contributed by atoms with Crippen molar-refractivity contribution < 1.29 is 0 Å². The van der Waals surface area contributed by atoms with Gasteiger partial charge in [0.05, 0.1) is 22.8 Å². The molecule has 0 saturated carbocycles. The summed E-state index contributed by atoms with van der Waals surface area (Å²) >= 11 is 1.77. The molecule has 0 aliphatic carbocycles. The van der Waals surface area contributed by atoms with Gasteiger partial charge in [0.1, 0.15) is 0 Å². The monoisotopic (exact) mass is 367 g/mol. The molecule has 0 bridgehead atoms. The number of guanidine groups is 1. The summed E-state index contributed by atoms with van der Waals surface area (Å²) in [5.74, 6) is 0.832. The topological polar surface area (TPSA) is 62.2 Å². The minimum absolute atomic E-state index is 0.619. The van der Waals surface area contributed by atoms with Gasteiger partial charge in [0.15, 0.2) is 5.96 Å². The first kappa shape index (κ1) is 18.3. The van der Waals surface area contributed by atoms with Crippen molar-refractivity contribution in [3.05, 3.63) is 57.7 Å². The maximum absolute atomic E-state index is 4.74. The van der Waals surface area contributed by atoms with E-state index in [0.29, 0.717) is 6.54 Å². The highest BCUT2D eigenvalue weighted by Crippen LogP contribution is 2.17. The number of rotatable bonds is 6. The summed E-state index contributed by atoms with van der Waals surface area (Å²) in [4.78, 5) is 15.0. The molecule has 0 radical (unpaired) electrons. The molecule has 6 heteroatoms. The van der Waals surface area contributed by atoms with Crippen LogP contribution < -0.4 is 10.6 Å². The molecule has 5 nitrogen and oxygen atoms in total. The Morgan fingerprint density at radius 3 is 2.77 bits per heavy atom. The number of benzene rings is 1. The lowest BCUT2D eigenvalue weighted by molar-refractivity contribution is 0.796. The quantitative estimate of drug-likeness (QED) is 0.516. The van der Waals surface area contributed by atoms with Crippen molar-refractivity contribution in [1.82, 2.24) is 20.6 Å². The van der Waals surface area contributed by atoms with Gasteiger partial charge >= 0.3 is 0 Å². The summed E-state index contributed by atoms with van der Waals surface area (Å²) < 4.78 is 0. The number of pyridine rings is 1. The Bertz CT molecular complexity index is 875. The standard InChI is InChI=1S/C20H25N5S/c1-4-21-20(23-12-10-19-25-14(2)15(3)26-19)24-13-16-9-11-22-18-8-6-5-7-17(16)18/h5-9,11H,4,10,12-13H2,1-3H3,(H2,21,23,24). The molecule has 2 heterocycles. The van der Waals surface area contributed by atoms with Gasteiger partial charge in [0.25, 0.3) is 0 Å². The first-order valence-electron chi connectivity index (χ1n) is 8.95. The molecule has 0 aliphatic heterocycles. The Morgan fingerprint density at radius 2 is 2.00 bits per heavy atom. The Labute approximate surface area is 158 Å². The number of nitrogens with zero attached hydrogens (tertiary/aromatic N) is 3. The van der Waals surface area contributed by atoms with Crippen molar-refractivity contribution >= 4 is 28.2 Å². The minimum Gasteiger partial charge on any atom is -0.357 e. The van der Waals surface area contributed by atoms with Crippen LogP contribution in [0.3, 0.4) is 0 Å². The number of aliphatic imine (C=N–C) groups is 1. The predicted octanol–water partition coefficient (Wildman–Crippen LogP) is 3.61. The Hall–Kier alpha value is -2.47. The van der Waals surface area contributed by atoms with Crippen molar-refractivity contribution in [2.75, 3.05) is 13.1 Å². The summed E-state index contributed by atoms with van der Waals surface area (Å²) in [7, 11) is 0. The van der Waals surface area contributed by atoms with Crippen LogP contribution in [-0.4, -0.2) is 29.0 Å². The molecule has 26 heavy (non-hydrogen) atoms. The van der Waals surface area contributed by atoms with E-state index in [1.807, 2.05) is 30.5 Å². The van der Waals surface area contributed by atoms with Crippen LogP contribution in [0.2, 0.25) is 0 Å². The molecule has 0 unspecified atom stereocenters. The van der Waals surface area contributed by atoms with Crippen molar-refractivity contribution in [2.24, 2.45) is 4.99 Å². The first-order valence-corrected chi connectivity index (χ1v) is 9.76. The fourth-order valence-electron chi connectivity index (χ4n) is 2.73. The summed E-state index contributed by atoms with van der Waals surface area (Å²) in [6.45, 7) is 8.52. The lowest BCUT2D eigenvalue weighted by Gasteiger charge is -2.11. The van der Waals surface area contributed by atoms with E-state index in [1.54, 1.807) is 11.3 Å². The van der Waals surface area contributed by atoms with E-state index >= 15 is 0 Å². The van der Waals surface area contributed by atoms with Crippen molar-refractivity contribution in [3.63, 3.8) is 0 Å². The zero-order valence-corrected chi connectivity index (χ0v) is 16.4. The Morgan fingerprint density at radius 1 is 1.15 bits per heavy atom. The molecule has 0 fully saturated rings. The van der Waals surface area contributed by atoms with Gasteiger partial charge in [-0.3, -0.25) is 4.98 Å². The summed E-state index contributed by atoms with van der Waals surface area (Å²) in [6, 6.07) is 10.2. The van der Waals surface area contributed by atoms with Gasteiger partial charge in [0.2, 0.25) is 0 Å². The van der Waals surface area contributed by atoms with E-state index in [1.165, 1.54) is 15.4 Å². The second kappa shape index (κ2) is 8.76. The molecular formula is C20H25N5S. The van der Waals surface area contributed by atoms with Crippen molar-refractivity contribution in [2.45, 2.75) is 33.7 Å². The molecule has 3 aromatic rings. The molecule has 0 aliphatic rings. The molecular weight excluding hydrogens is 342 g/mol.